The molecular weight excluding hydrogens is 254 g/mol. The van der Waals surface area contributed by atoms with Gasteiger partial charge in [0, 0.05) is 33.0 Å². The number of nitrogens with zero attached hydrogens (tertiary/aromatic N) is 1. The van der Waals surface area contributed by atoms with Crippen molar-refractivity contribution in [3.8, 4) is 0 Å². The Morgan fingerprint density at radius 2 is 2.22 bits per heavy atom. The Morgan fingerprint density at radius 1 is 1.44 bits per heavy atom. The van der Waals surface area contributed by atoms with Gasteiger partial charge in [0.25, 0.3) is 10.0 Å². The van der Waals surface area contributed by atoms with Gasteiger partial charge in [0.05, 0.1) is 5.69 Å². The summed E-state index contributed by atoms with van der Waals surface area (Å²) in [5, 5.41) is 3.01. The predicted octanol–water partition coefficient (Wildman–Crippen LogP) is 0.828. The molecule has 0 unspecified atom stereocenters. The van der Waals surface area contributed by atoms with E-state index in [1.165, 1.54) is 6.20 Å². The highest BCUT2D eigenvalue weighted by molar-refractivity contribution is 7.89. The van der Waals surface area contributed by atoms with Crippen LogP contribution in [0, 0.1) is 0 Å². The van der Waals surface area contributed by atoms with Gasteiger partial charge in [0.15, 0.2) is 5.03 Å². The van der Waals surface area contributed by atoms with Crippen molar-refractivity contribution in [3.05, 3.63) is 18.3 Å². The summed E-state index contributed by atoms with van der Waals surface area (Å²) in [6, 6.07) is 3.39. The van der Waals surface area contributed by atoms with Gasteiger partial charge in [-0.3, -0.25) is 0 Å². The number of hydrogen-bond donors (Lipinski definition) is 2. The molecular formula is C11H19N3O3S. The van der Waals surface area contributed by atoms with E-state index in [4.69, 9.17) is 4.74 Å². The molecule has 0 spiro atoms. The standard InChI is InChI=1S/C11H19N3O3S/c1-3-12-10-6-4-7-13-11(10)18(15,16)14-8-5-9-17-2/h4,6-7,12,14H,3,5,8-9H2,1-2H3. The zero-order valence-electron chi connectivity index (χ0n) is 10.6. The van der Waals surface area contributed by atoms with Crippen LogP contribution < -0.4 is 10.0 Å². The summed E-state index contributed by atoms with van der Waals surface area (Å²) in [4.78, 5) is 3.92. The maximum atomic E-state index is 12.0. The highest BCUT2D eigenvalue weighted by atomic mass is 32.2. The smallest absolute Gasteiger partial charge is 0.260 e. The second-order valence-electron chi connectivity index (χ2n) is 3.63. The zero-order chi connectivity index (χ0) is 13.4. The molecule has 0 aliphatic rings. The van der Waals surface area contributed by atoms with Gasteiger partial charge in [0.1, 0.15) is 0 Å². The zero-order valence-corrected chi connectivity index (χ0v) is 11.5. The Kier molecular flexibility index (Phi) is 6.03. The fraction of sp³-hybridized carbons (Fsp3) is 0.545. The fourth-order valence-electron chi connectivity index (χ4n) is 1.42. The number of rotatable bonds is 8. The molecule has 18 heavy (non-hydrogen) atoms. The predicted molar refractivity (Wildman–Crippen MR) is 70.1 cm³/mol. The minimum Gasteiger partial charge on any atom is -0.385 e. The summed E-state index contributed by atoms with van der Waals surface area (Å²) in [5.41, 5.74) is 0.513. The molecule has 1 rings (SSSR count). The molecule has 1 aromatic rings. The van der Waals surface area contributed by atoms with Crippen LogP contribution >= 0.6 is 0 Å². The summed E-state index contributed by atoms with van der Waals surface area (Å²) in [6.45, 7) is 3.39. The van der Waals surface area contributed by atoms with Gasteiger partial charge < -0.3 is 10.1 Å². The molecule has 102 valence electrons. The lowest BCUT2D eigenvalue weighted by Crippen LogP contribution is -2.27. The number of ether oxygens (including phenoxy) is 1. The van der Waals surface area contributed by atoms with E-state index in [1.54, 1.807) is 19.2 Å². The third-order valence-electron chi connectivity index (χ3n) is 2.21. The lowest BCUT2D eigenvalue weighted by molar-refractivity contribution is 0.196. The molecule has 0 fully saturated rings. The highest BCUT2D eigenvalue weighted by Gasteiger charge is 2.18. The average Bonchev–Trinajstić information content (AvgIpc) is 2.36. The van der Waals surface area contributed by atoms with E-state index in [1.807, 2.05) is 6.92 Å². The molecule has 0 saturated heterocycles. The maximum absolute atomic E-state index is 12.0. The van der Waals surface area contributed by atoms with Gasteiger partial charge in [-0.2, -0.15) is 0 Å². The van der Waals surface area contributed by atoms with Crippen LogP contribution in [0.4, 0.5) is 5.69 Å². The third-order valence-corrected chi connectivity index (χ3v) is 3.63. The first kappa shape index (κ1) is 14.9. The van der Waals surface area contributed by atoms with Crippen LogP contribution in [0.25, 0.3) is 0 Å². The molecule has 0 saturated carbocycles. The Morgan fingerprint density at radius 3 is 2.89 bits per heavy atom. The number of aromatic nitrogens is 1. The van der Waals surface area contributed by atoms with Gasteiger partial charge in [0.2, 0.25) is 0 Å². The Hall–Kier alpha value is -1.18. The minimum atomic E-state index is -3.57. The third kappa shape index (κ3) is 4.25. The number of anilines is 1. The molecule has 0 bridgehead atoms. The molecule has 0 aromatic carbocycles. The van der Waals surface area contributed by atoms with Gasteiger partial charge in [-0.25, -0.2) is 18.1 Å². The second kappa shape index (κ2) is 7.30. The van der Waals surface area contributed by atoms with Crippen LogP contribution in [0.15, 0.2) is 23.4 Å². The van der Waals surface area contributed by atoms with E-state index >= 15 is 0 Å². The van der Waals surface area contributed by atoms with Gasteiger partial charge in [-0.15, -0.1) is 0 Å². The van der Waals surface area contributed by atoms with Crippen LogP contribution in [-0.4, -0.2) is 40.2 Å². The van der Waals surface area contributed by atoms with Crippen molar-refractivity contribution in [1.82, 2.24) is 9.71 Å². The lowest BCUT2D eigenvalue weighted by Gasteiger charge is -2.10. The fourth-order valence-corrected chi connectivity index (χ4v) is 2.60. The lowest BCUT2D eigenvalue weighted by atomic mass is 10.4. The largest absolute Gasteiger partial charge is 0.385 e. The molecule has 0 radical (unpaired) electrons. The van der Waals surface area contributed by atoms with Crippen LogP contribution in [0.1, 0.15) is 13.3 Å². The summed E-state index contributed by atoms with van der Waals surface area (Å²) in [7, 11) is -1.99. The summed E-state index contributed by atoms with van der Waals surface area (Å²) in [5.74, 6) is 0. The minimum absolute atomic E-state index is 0.0317. The molecule has 2 N–H and O–H groups in total. The molecule has 1 heterocycles. The molecule has 1 aromatic heterocycles. The monoisotopic (exact) mass is 273 g/mol. The van der Waals surface area contributed by atoms with Crippen molar-refractivity contribution in [2.45, 2.75) is 18.4 Å². The average molecular weight is 273 g/mol. The molecule has 0 amide bonds. The second-order valence-corrected chi connectivity index (χ2v) is 5.31. The van der Waals surface area contributed by atoms with Crippen molar-refractivity contribution >= 4 is 15.7 Å². The molecule has 0 aliphatic heterocycles. The normalized spacial score (nSPS) is 11.4. The van der Waals surface area contributed by atoms with Crippen LogP contribution in [0.5, 0.6) is 0 Å². The van der Waals surface area contributed by atoms with E-state index in [-0.39, 0.29) is 5.03 Å². The first-order valence-corrected chi connectivity index (χ1v) is 7.27. The van der Waals surface area contributed by atoms with Crippen molar-refractivity contribution in [2.75, 3.05) is 32.1 Å². The van der Waals surface area contributed by atoms with Gasteiger partial charge in [-0.1, -0.05) is 0 Å². The highest BCUT2D eigenvalue weighted by Crippen LogP contribution is 2.17. The first-order chi connectivity index (χ1) is 8.61. The van der Waals surface area contributed by atoms with Gasteiger partial charge in [-0.05, 0) is 25.5 Å². The first-order valence-electron chi connectivity index (χ1n) is 5.79. The van der Waals surface area contributed by atoms with Crippen molar-refractivity contribution < 1.29 is 13.2 Å². The van der Waals surface area contributed by atoms with E-state index in [0.717, 1.165) is 0 Å². The van der Waals surface area contributed by atoms with Crippen LogP contribution in [0.3, 0.4) is 0 Å². The van der Waals surface area contributed by atoms with Gasteiger partial charge >= 0.3 is 0 Å². The van der Waals surface area contributed by atoms with Crippen LogP contribution in [-0.2, 0) is 14.8 Å². The topological polar surface area (TPSA) is 80.3 Å². The summed E-state index contributed by atoms with van der Waals surface area (Å²) >= 11 is 0. The van der Waals surface area contributed by atoms with Crippen LogP contribution in [0.2, 0.25) is 0 Å². The van der Waals surface area contributed by atoms with E-state index in [0.29, 0.717) is 31.8 Å². The van der Waals surface area contributed by atoms with Crippen molar-refractivity contribution in [2.24, 2.45) is 0 Å². The van der Waals surface area contributed by atoms with E-state index in [9.17, 15) is 8.42 Å². The molecule has 7 heteroatoms. The van der Waals surface area contributed by atoms with Crippen molar-refractivity contribution in [3.63, 3.8) is 0 Å². The van der Waals surface area contributed by atoms with E-state index in [2.05, 4.69) is 15.0 Å². The molecule has 0 atom stereocenters. The molecule has 6 nitrogen and oxygen atoms in total. The number of pyridine rings is 1. The summed E-state index contributed by atoms with van der Waals surface area (Å²) < 4.78 is 31.4. The number of nitrogens with one attached hydrogen (secondary N) is 2. The quantitative estimate of drug-likeness (QED) is 0.686. The van der Waals surface area contributed by atoms with Crippen molar-refractivity contribution in [1.29, 1.82) is 0 Å². The number of methoxy groups -OCH3 is 1. The van der Waals surface area contributed by atoms with E-state index < -0.39 is 10.0 Å². The Bertz CT molecular complexity index is 462. The number of sulfonamides is 1. The molecule has 0 aliphatic carbocycles. The SMILES string of the molecule is CCNc1cccnc1S(=O)(=O)NCCCOC. The Labute approximate surface area is 108 Å². The number of hydrogen-bond acceptors (Lipinski definition) is 5. The maximum Gasteiger partial charge on any atom is 0.260 e. The Balaban J connectivity index is 2.77. The summed E-state index contributed by atoms with van der Waals surface area (Å²) in [6.07, 6.45) is 2.09.